The first-order chi connectivity index (χ1) is 13.7. The van der Waals surface area contributed by atoms with E-state index in [0.717, 1.165) is 12.1 Å². The summed E-state index contributed by atoms with van der Waals surface area (Å²) in [5.74, 6) is 0.935. The van der Waals surface area contributed by atoms with Crippen LogP contribution >= 0.6 is 39.1 Å². The zero-order chi connectivity index (χ0) is 21.4. The smallest absolute Gasteiger partial charge is 0.416 e. The van der Waals surface area contributed by atoms with Gasteiger partial charge in [-0.15, -0.1) is 0 Å². The molecule has 0 aliphatic rings. The summed E-state index contributed by atoms with van der Waals surface area (Å²) >= 11 is 14.9. The molecule has 3 nitrogen and oxygen atoms in total. The highest BCUT2D eigenvalue weighted by molar-refractivity contribution is 9.11. The molecule has 10 heteroatoms. The van der Waals surface area contributed by atoms with Crippen LogP contribution in [0.2, 0.25) is 10.0 Å². The Kier molecular flexibility index (Phi) is 8.92. The van der Waals surface area contributed by atoms with Gasteiger partial charge in [-0.05, 0) is 46.3 Å². The molecule has 0 amide bonds. The molecule has 0 N–H and O–H groups in total. The van der Waals surface area contributed by atoms with Crippen molar-refractivity contribution in [3.63, 3.8) is 0 Å². The fourth-order valence-corrected chi connectivity index (χ4v) is 2.83. The van der Waals surface area contributed by atoms with Crippen molar-refractivity contribution in [1.29, 1.82) is 0 Å². The molecule has 0 aliphatic heterocycles. The summed E-state index contributed by atoms with van der Waals surface area (Å²) in [6.45, 7) is 0.440. The van der Waals surface area contributed by atoms with Crippen molar-refractivity contribution in [1.82, 2.24) is 0 Å². The molecule has 0 heterocycles. The maximum absolute atomic E-state index is 12.6. The average Bonchev–Trinajstić information content (AvgIpc) is 2.62. The molecule has 0 aromatic heterocycles. The minimum absolute atomic E-state index is 0.00870. The Morgan fingerprint density at radius 3 is 2.07 bits per heavy atom. The average molecular weight is 518 g/mol. The maximum atomic E-state index is 12.6. The summed E-state index contributed by atoms with van der Waals surface area (Å²) in [6, 6.07) is 7.40. The third kappa shape index (κ3) is 7.95. The SMILES string of the molecule is FC(Br)=CCOc1cc(Cl)c(OCCCOc2ccc(C(F)(F)F)cc2)c(Cl)c1. The van der Waals surface area contributed by atoms with E-state index in [0.29, 0.717) is 17.9 Å². The van der Waals surface area contributed by atoms with Crippen LogP contribution in [0.25, 0.3) is 0 Å². The molecule has 0 radical (unpaired) electrons. The second-order valence-electron chi connectivity index (χ2n) is 5.59. The maximum Gasteiger partial charge on any atom is 0.416 e. The van der Waals surface area contributed by atoms with E-state index < -0.39 is 16.5 Å². The van der Waals surface area contributed by atoms with Gasteiger partial charge in [0, 0.05) is 18.6 Å². The molecular weight excluding hydrogens is 503 g/mol. The fraction of sp³-hybridized carbons (Fsp3) is 0.263. The van der Waals surface area contributed by atoms with Crippen molar-refractivity contribution in [2.45, 2.75) is 12.6 Å². The van der Waals surface area contributed by atoms with Crippen LogP contribution in [-0.4, -0.2) is 19.8 Å². The van der Waals surface area contributed by atoms with Crippen LogP contribution in [0.4, 0.5) is 17.6 Å². The minimum atomic E-state index is -4.38. The fourth-order valence-electron chi connectivity index (χ4n) is 2.12. The van der Waals surface area contributed by atoms with Gasteiger partial charge < -0.3 is 14.2 Å². The van der Waals surface area contributed by atoms with Crippen LogP contribution < -0.4 is 14.2 Å². The Morgan fingerprint density at radius 1 is 0.931 bits per heavy atom. The molecule has 0 saturated carbocycles. The standard InChI is InChI=1S/C19H15BrCl2F4O3/c20-17(23)6-9-28-14-10-15(21)18(16(22)11-14)29-8-1-7-27-13-4-2-12(3-5-13)19(24,25)26/h2-6,10-11H,1,7-9H2. The van der Waals surface area contributed by atoms with Crippen LogP contribution in [0.15, 0.2) is 47.2 Å². The number of rotatable bonds is 9. The predicted octanol–water partition coefficient (Wildman–Crippen LogP) is 7.44. The summed E-state index contributed by atoms with van der Waals surface area (Å²) < 4.78 is 65.8. The van der Waals surface area contributed by atoms with Crippen LogP contribution in [0.5, 0.6) is 17.2 Å². The highest BCUT2D eigenvalue weighted by atomic mass is 79.9. The highest BCUT2D eigenvalue weighted by Gasteiger charge is 2.30. The van der Waals surface area contributed by atoms with Crippen molar-refractivity contribution < 1.29 is 31.8 Å². The monoisotopic (exact) mass is 516 g/mol. The molecule has 0 spiro atoms. The van der Waals surface area contributed by atoms with Gasteiger partial charge in [0.15, 0.2) is 10.5 Å². The molecular formula is C19H15BrCl2F4O3. The first-order valence-corrected chi connectivity index (χ1v) is 9.77. The molecule has 158 valence electrons. The lowest BCUT2D eigenvalue weighted by Crippen LogP contribution is -2.07. The summed E-state index contributed by atoms with van der Waals surface area (Å²) in [7, 11) is 0. The van der Waals surface area contributed by atoms with E-state index in [2.05, 4.69) is 15.9 Å². The van der Waals surface area contributed by atoms with E-state index in [4.69, 9.17) is 37.4 Å². The van der Waals surface area contributed by atoms with Gasteiger partial charge >= 0.3 is 6.18 Å². The van der Waals surface area contributed by atoms with Gasteiger partial charge in [0.2, 0.25) is 0 Å². The van der Waals surface area contributed by atoms with E-state index in [-0.39, 0.29) is 35.6 Å². The molecule has 0 saturated heterocycles. The second kappa shape index (κ2) is 10.9. The van der Waals surface area contributed by atoms with Gasteiger partial charge in [0.25, 0.3) is 0 Å². The Morgan fingerprint density at radius 2 is 1.52 bits per heavy atom. The number of ether oxygens (including phenoxy) is 3. The molecule has 2 aromatic rings. The summed E-state index contributed by atoms with van der Waals surface area (Å²) in [6.07, 6.45) is -2.75. The second-order valence-corrected chi connectivity index (χ2v) is 7.17. The molecule has 0 atom stereocenters. The molecule has 29 heavy (non-hydrogen) atoms. The van der Waals surface area contributed by atoms with E-state index >= 15 is 0 Å². The zero-order valence-electron chi connectivity index (χ0n) is 14.7. The van der Waals surface area contributed by atoms with Crippen molar-refractivity contribution in [3.8, 4) is 17.2 Å². The Bertz CT molecular complexity index is 815. The topological polar surface area (TPSA) is 27.7 Å². The predicted molar refractivity (Wildman–Crippen MR) is 107 cm³/mol. The number of hydrogen-bond acceptors (Lipinski definition) is 3. The van der Waals surface area contributed by atoms with E-state index in [1.807, 2.05) is 0 Å². The minimum Gasteiger partial charge on any atom is -0.493 e. The van der Waals surface area contributed by atoms with Gasteiger partial charge in [-0.3, -0.25) is 0 Å². The highest BCUT2D eigenvalue weighted by Crippen LogP contribution is 2.37. The largest absolute Gasteiger partial charge is 0.493 e. The van der Waals surface area contributed by atoms with Crippen LogP contribution in [0, 0.1) is 0 Å². The third-order valence-electron chi connectivity index (χ3n) is 3.44. The van der Waals surface area contributed by atoms with Gasteiger partial charge in [-0.1, -0.05) is 23.2 Å². The van der Waals surface area contributed by atoms with Crippen LogP contribution in [-0.2, 0) is 6.18 Å². The first-order valence-electron chi connectivity index (χ1n) is 8.22. The number of hydrogen-bond donors (Lipinski definition) is 0. The summed E-state index contributed by atoms with van der Waals surface area (Å²) in [4.78, 5) is 0. The Balaban J connectivity index is 1.79. The van der Waals surface area contributed by atoms with E-state index in [1.165, 1.54) is 30.3 Å². The Labute approximate surface area is 183 Å². The van der Waals surface area contributed by atoms with Crippen LogP contribution in [0.3, 0.4) is 0 Å². The number of alkyl halides is 3. The first kappa shape index (κ1) is 23.6. The van der Waals surface area contributed by atoms with Crippen molar-refractivity contribution >= 4 is 39.1 Å². The molecule has 0 aliphatic carbocycles. The summed E-state index contributed by atoms with van der Waals surface area (Å²) in [5, 5.41) is 0.443. The number of halogens is 7. The lowest BCUT2D eigenvalue weighted by Gasteiger charge is -2.13. The third-order valence-corrected chi connectivity index (χ3v) is 4.33. The molecule has 2 rings (SSSR count). The van der Waals surface area contributed by atoms with Gasteiger partial charge in [-0.25, -0.2) is 0 Å². The quantitative estimate of drug-likeness (QED) is 0.255. The Hall–Kier alpha value is -1.64. The molecule has 0 unspecified atom stereocenters. The molecule has 0 bridgehead atoms. The van der Waals surface area contributed by atoms with Gasteiger partial charge in [-0.2, -0.15) is 17.6 Å². The molecule has 2 aromatic carbocycles. The zero-order valence-corrected chi connectivity index (χ0v) is 17.8. The van der Waals surface area contributed by atoms with Crippen LogP contribution in [0.1, 0.15) is 12.0 Å². The summed E-state index contributed by atoms with van der Waals surface area (Å²) in [5.41, 5.74) is -0.738. The van der Waals surface area contributed by atoms with Crippen molar-refractivity contribution in [2.24, 2.45) is 0 Å². The van der Waals surface area contributed by atoms with Crippen molar-refractivity contribution in [3.05, 3.63) is 62.8 Å². The van der Waals surface area contributed by atoms with Gasteiger partial charge in [0.1, 0.15) is 18.1 Å². The lowest BCUT2D eigenvalue weighted by molar-refractivity contribution is -0.137. The van der Waals surface area contributed by atoms with Crippen molar-refractivity contribution in [2.75, 3.05) is 19.8 Å². The molecule has 0 fully saturated rings. The van der Waals surface area contributed by atoms with E-state index in [1.54, 1.807) is 0 Å². The van der Waals surface area contributed by atoms with E-state index in [9.17, 15) is 17.6 Å². The normalized spacial score (nSPS) is 12.0. The van der Waals surface area contributed by atoms with Gasteiger partial charge in [0.05, 0.1) is 28.8 Å². The lowest BCUT2D eigenvalue weighted by atomic mass is 10.2. The number of benzene rings is 2.